The Morgan fingerprint density at radius 3 is 2.45 bits per heavy atom. The number of anilines is 1. The van der Waals surface area contributed by atoms with E-state index in [4.69, 9.17) is 11.5 Å². The average Bonchev–Trinajstić information content (AvgIpc) is 2.30. The van der Waals surface area contributed by atoms with Gasteiger partial charge in [-0.05, 0) is 40.0 Å². The summed E-state index contributed by atoms with van der Waals surface area (Å²) in [5.41, 5.74) is 11.1. The molecule has 0 aliphatic heterocycles. The molecule has 112 valence electrons. The first-order chi connectivity index (χ1) is 9.14. The summed E-state index contributed by atoms with van der Waals surface area (Å²) < 4.78 is 26.7. The van der Waals surface area contributed by atoms with E-state index in [0.717, 1.165) is 4.31 Å². The Morgan fingerprint density at radius 2 is 2.00 bits per heavy atom. The highest BCUT2D eigenvalue weighted by Gasteiger charge is 2.27. The zero-order valence-electron chi connectivity index (χ0n) is 11.3. The van der Waals surface area contributed by atoms with Gasteiger partial charge in [0.2, 0.25) is 15.9 Å². The number of primary amides is 1. The monoisotopic (exact) mass is 363 g/mol. The third-order valence-electron chi connectivity index (χ3n) is 2.51. The molecule has 20 heavy (non-hydrogen) atoms. The summed E-state index contributed by atoms with van der Waals surface area (Å²) in [7, 11) is -3.80. The van der Waals surface area contributed by atoms with Crippen LogP contribution in [0.1, 0.15) is 13.8 Å². The first kappa shape index (κ1) is 16.9. The van der Waals surface area contributed by atoms with Crippen LogP contribution in [-0.4, -0.2) is 31.7 Å². The number of hydrogen-bond acceptors (Lipinski definition) is 4. The molecule has 1 aromatic rings. The Bertz CT molecular complexity index is 602. The number of carbonyl (C=O) groups excluding carboxylic acids is 1. The quantitative estimate of drug-likeness (QED) is 0.739. The normalized spacial score (nSPS) is 12.1. The minimum absolute atomic E-state index is 0.0418. The van der Waals surface area contributed by atoms with Crippen LogP contribution in [0.4, 0.5) is 5.69 Å². The summed E-state index contributed by atoms with van der Waals surface area (Å²) in [6, 6.07) is 4.35. The number of amides is 1. The largest absolute Gasteiger partial charge is 0.398 e. The van der Waals surface area contributed by atoms with Crippen molar-refractivity contribution in [1.29, 1.82) is 0 Å². The van der Waals surface area contributed by atoms with Gasteiger partial charge in [0.05, 0.1) is 11.4 Å². The van der Waals surface area contributed by atoms with Crippen molar-refractivity contribution in [2.75, 3.05) is 18.8 Å². The molecular weight excluding hydrogens is 346 g/mol. The van der Waals surface area contributed by atoms with Crippen LogP contribution in [-0.2, 0) is 14.8 Å². The van der Waals surface area contributed by atoms with E-state index < -0.39 is 15.9 Å². The standard InChI is InChI=1S/C12H18BrN3O3S/c1-8(2)6-16(7-12(15)17)20(18,19)9-3-4-10(13)11(14)5-9/h3-5,8H,6-7,14H2,1-2H3,(H2,15,17). The number of sulfonamides is 1. The summed E-state index contributed by atoms with van der Waals surface area (Å²) in [5.74, 6) is -0.628. The van der Waals surface area contributed by atoms with E-state index >= 15 is 0 Å². The molecule has 0 spiro atoms. The Morgan fingerprint density at radius 1 is 1.40 bits per heavy atom. The molecule has 0 saturated heterocycles. The number of nitrogen functional groups attached to an aromatic ring is 1. The number of carbonyl (C=O) groups is 1. The third kappa shape index (κ3) is 4.19. The third-order valence-corrected chi connectivity index (χ3v) is 5.04. The second-order valence-electron chi connectivity index (χ2n) is 4.84. The highest BCUT2D eigenvalue weighted by Crippen LogP contribution is 2.25. The first-order valence-electron chi connectivity index (χ1n) is 5.98. The first-order valence-corrected chi connectivity index (χ1v) is 8.21. The van der Waals surface area contributed by atoms with Crippen molar-refractivity contribution in [3.63, 3.8) is 0 Å². The molecule has 0 aromatic heterocycles. The van der Waals surface area contributed by atoms with Crippen molar-refractivity contribution in [2.24, 2.45) is 11.7 Å². The zero-order valence-corrected chi connectivity index (χ0v) is 13.7. The van der Waals surface area contributed by atoms with E-state index in [2.05, 4.69) is 15.9 Å². The maximum Gasteiger partial charge on any atom is 0.243 e. The second-order valence-corrected chi connectivity index (χ2v) is 7.63. The van der Waals surface area contributed by atoms with Crippen LogP contribution in [0, 0.1) is 5.92 Å². The van der Waals surface area contributed by atoms with Gasteiger partial charge in [0.15, 0.2) is 0 Å². The molecule has 0 aliphatic carbocycles. The molecule has 8 heteroatoms. The van der Waals surface area contributed by atoms with Gasteiger partial charge in [-0.1, -0.05) is 13.8 Å². The lowest BCUT2D eigenvalue weighted by molar-refractivity contribution is -0.118. The fraction of sp³-hybridized carbons (Fsp3) is 0.417. The molecular formula is C12H18BrN3O3S. The second kappa shape index (κ2) is 6.55. The van der Waals surface area contributed by atoms with Gasteiger partial charge in [0.25, 0.3) is 0 Å². The molecule has 4 N–H and O–H groups in total. The molecule has 1 aromatic carbocycles. The number of halogens is 1. The van der Waals surface area contributed by atoms with E-state index in [1.54, 1.807) is 6.07 Å². The highest BCUT2D eigenvalue weighted by atomic mass is 79.9. The van der Waals surface area contributed by atoms with Crippen LogP contribution < -0.4 is 11.5 Å². The topological polar surface area (TPSA) is 106 Å². The van der Waals surface area contributed by atoms with Gasteiger partial charge in [-0.3, -0.25) is 4.79 Å². The summed E-state index contributed by atoms with van der Waals surface area (Å²) in [5, 5.41) is 0. The lowest BCUT2D eigenvalue weighted by Gasteiger charge is -2.22. The average molecular weight is 364 g/mol. The lowest BCUT2D eigenvalue weighted by atomic mass is 10.2. The Balaban J connectivity index is 3.20. The molecule has 0 atom stereocenters. The minimum atomic E-state index is -3.80. The predicted octanol–water partition coefficient (Wildman–Crippen LogP) is 1.16. The van der Waals surface area contributed by atoms with Crippen LogP contribution >= 0.6 is 15.9 Å². The fourth-order valence-corrected chi connectivity index (χ4v) is 3.51. The summed E-state index contributed by atoms with van der Waals surface area (Å²) in [4.78, 5) is 11.1. The lowest BCUT2D eigenvalue weighted by Crippen LogP contribution is -2.40. The Labute approximate surface area is 127 Å². The molecule has 0 radical (unpaired) electrons. The summed E-state index contributed by atoms with van der Waals surface area (Å²) in [6.07, 6.45) is 0. The highest BCUT2D eigenvalue weighted by molar-refractivity contribution is 9.10. The number of nitrogens with zero attached hydrogens (tertiary/aromatic N) is 1. The van der Waals surface area contributed by atoms with Gasteiger partial charge >= 0.3 is 0 Å². The predicted molar refractivity (Wildman–Crippen MR) is 81.3 cm³/mol. The van der Waals surface area contributed by atoms with Gasteiger partial charge in [-0.15, -0.1) is 0 Å². The van der Waals surface area contributed by atoms with Gasteiger partial charge in [0.1, 0.15) is 0 Å². The van der Waals surface area contributed by atoms with E-state index in [0.29, 0.717) is 10.2 Å². The zero-order chi connectivity index (χ0) is 15.5. The van der Waals surface area contributed by atoms with Crippen molar-refractivity contribution in [2.45, 2.75) is 18.7 Å². The minimum Gasteiger partial charge on any atom is -0.398 e. The fourth-order valence-electron chi connectivity index (χ4n) is 1.66. The number of rotatable bonds is 6. The number of benzene rings is 1. The van der Waals surface area contributed by atoms with Crippen molar-refractivity contribution in [3.8, 4) is 0 Å². The number of hydrogen-bond donors (Lipinski definition) is 2. The van der Waals surface area contributed by atoms with Crippen LogP contribution in [0.3, 0.4) is 0 Å². The van der Waals surface area contributed by atoms with E-state index in [1.165, 1.54) is 12.1 Å². The van der Waals surface area contributed by atoms with Gasteiger partial charge in [-0.2, -0.15) is 4.31 Å². The van der Waals surface area contributed by atoms with Gasteiger partial charge in [-0.25, -0.2) is 8.42 Å². The maximum atomic E-state index is 12.5. The Kier molecular flexibility index (Phi) is 5.55. The molecule has 1 amide bonds. The van der Waals surface area contributed by atoms with Crippen LogP contribution in [0.25, 0.3) is 0 Å². The molecule has 0 unspecified atom stereocenters. The molecule has 0 aliphatic rings. The van der Waals surface area contributed by atoms with E-state index in [1.807, 2.05) is 13.8 Å². The van der Waals surface area contributed by atoms with E-state index in [9.17, 15) is 13.2 Å². The Hall–Kier alpha value is -1.12. The van der Waals surface area contributed by atoms with Crippen LogP contribution in [0.15, 0.2) is 27.6 Å². The van der Waals surface area contributed by atoms with Crippen molar-refractivity contribution >= 4 is 37.5 Å². The van der Waals surface area contributed by atoms with Crippen molar-refractivity contribution in [3.05, 3.63) is 22.7 Å². The SMILES string of the molecule is CC(C)CN(CC(N)=O)S(=O)(=O)c1ccc(Br)c(N)c1. The summed E-state index contributed by atoms with van der Waals surface area (Å²) in [6.45, 7) is 3.58. The van der Waals surface area contributed by atoms with Crippen molar-refractivity contribution in [1.82, 2.24) is 4.31 Å². The summed E-state index contributed by atoms with van der Waals surface area (Å²) >= 11 is 3.21. The molecule has 6 nitrogen and oxygen atoms in total. The molecule has 0 heterocycles. The van der Waals surface area contributed by atoms with Gasteiger partial charge in [0, 0.05) is 16.7 Å². The maximum absolute atomic E-state index is 12.5. The van der Waals surface area contributed by atoms with E-state index in [-0.39, 0.29) is 23.9 Å². The van der Waals surface area contributed by atoms with Crippen molar-refractivity contribution < 1.29 is 13.2 Å². The van der Waals surface area contributed by atoms with Crippen LogP contribution in [0.2, 0.25) is 0 Å². The molecule has 0 bridgehead atoms. The van der Waals surface area contributed by atoms with Crippen LogP contribution in [0.5, 0.6) is 0 Å². The molecule has 0 fully saturated rings. The van der Waals surface area contributed by atoms with Gasteiger partial charge < -0.3 is 11.5 Å². The number of nitrogens with two attached hydrogens (primary N) is 2. The smallest absolute Gasteiger partial charge is 0.243 e. The molecule has 0 saturated carbocycles. The molecule has 1 rings (SSSR count).